The number of ketones is 1. The number of hydrogen-bond donors (Lipinski definition) is 0. The Morgan fingerprint density at radius 3 is 2.29 bits per heavy atom. The zero-order chi connectivity index (χ0) is 15.3. The minimum atomic E-state index is -4.40. The third-order valence-electron chi connectivity index (χ3n) is 3.81. The van der Waals surface area contributed by atoms with Crippen molar-refractivity contribution in [3.05, 3.63) is 35.4 Å². The molecular weight excluding hydrogens is 281 g/mol. The van der Waals surface area contributed by atoms with E-state index in [1.54, 1.807) is 12.1 Å². The van der Waals surface area contributed by atoms with Gasteiger partial charge in [-0.25, -0.2) is 0 Å². The van der Waals surface area contributed by atoms with Gasteiger partial charge in [-0.05, 0) is 24.3 Å². The quantitative estimate of drug-likeness (QED) is 0.749. The number of carbonyl (C=O) groups is 1. The molecule has 0 atom stereocenters. The maximum atomic E-state index is 11.9. The van der Waals surface area contributed by atoms with Crippen molar-refractivity contribution in [3.8, 4) is 0 Å². The van der Waals surface area contributed by atoms with Gasteiger partial charge in [0.25, 0.3) is 0 Å². The molecule has 1 aromatic carbocycles. The third-order valence-corrected chi connectivity index (χ3v) is 3.81. The summed E-state index contributed by atoms with van der Waals surface area (Å²) >= 11 is 0. The van der Waals surface area contributed by atoms with Gasteiger partial charge in [0.2, 0.25) is 0 Å². The Morgan fingerprint density at radius 1 is 1.10 bits per heavy atom. The van der Waals surface area contributed by atoms with E-state index in [9.17, 15) is 18.0 Å². The van der Waals surface area contributed by atoms with Gasteiger partial charge in [0.15, 0.2) is 5.78 Å². The normalized spacial score (nSPS) is 16.9. The average Bonchev–Trinajstić information content (AvgIpc) is 2.47. The van der Waals surface area contributed by atoms with Crippen molar-refractivity contribution in [2.24, 2.45) is 0 Å². The Kier molecular flexibility index (Phi) is 5.39. The van der Waals surface area contributed by atoms with Crippen LogP contribution in [-0.4, -0.2) is 25.2 Å². The van der Waals surface area contributed by atoms with Crippen LogP contribution in [0.3, 0.4) is 0 Å². The van der Waals surface area contributed by atoms with Crippen molar-refractivity contribution < 1.29 is 22.7 Å². The Balaban J connectivity index is 1.87. The second-order valence-electron chi connectivity index (χ2n) is 5.49. The lowest BCUT2D eigenvalue weighted by Crippen LogP contribution is -2.20. The molecule has 1 aromatic rings. The number of halogens is 3. The number of benzene rings is 1. The molecule has 1 fully saturated rings. The molecule has 116 valence electrons. The van der Waals surface area contributed by atoms with E-state index in [1.165, 1.54) is 37.7 Å². The van der Waals surface area contributed by atoms with Crippen LogP contribution in [0.2, 0.25) is 0 Å². The maximum Gasteiger partial charge on any atom is 0.411 e. The van der Waals surface area contributed by atoms with Crippen LogP contribution in [0.4, 0.5) is 13.2 Å². The van der Waals surface area contributed by atoms with Crippen molar-refractivity contribution in [2.45, 2.75) is 44.2 Å². The van der Waals surface area contributed by atoms with E-state index in [4.69, 9.17) is 0 Å². The highest BCUT2D eigenvalue weighted by Gasteiger charge is 2.27. The van der Waals surface area contributed by atoms with Gasteiger partial charge in [-0.3, -0.25) is 4.79 Å². The summed E-state index contributed by atoms with van der Waals surface area (Å²) in [6.45, 7) is -1.93. The topological polar surface area (TPSA) is 26.3 Å². The number of Topliss-reactive ketones (excluding diaryl/α,β-unsaturated/α-hetero) is 1. The molecule has 0 saturated heterocycles. The minimum Gasteiger partial charge on any atom is -0.364 e. The second kappa shape index (κ2) is 7.07. The Labute approximate surface area is 122 Å². The highest BCUT2D eigenvalue weighted by atomic mass is 19.4. The van der Waals surface area contributed by atoms with Gasteiger partial charge in [0.05, 0.1) is 0 Å². The van der Waals surface area contributed by atoms with Crippen LogP contribution < -0.4 is 0 Å². The van der Waals surface area contributed by atoms with Gasteiger partial charge >= 0.3 is 6.18 Å². The molecule has 2 nitrogen and oxygen atoms in total. The van der Waals surface area contributed by atoms with Crippen LogP contribution in [-0.2, 0) is 4.74 Å². The summed E-state index contributed by atoms with van der Waals surface area (Å²) in [5.74, 6) is 0.124. The lowest BCUT2D eigenvalue weighted by Gasteiger charge is -2.22. The van der Waals surface area contributed by atoms with Crippen molar-refractivity contribution in [2.75, 3.05) is 13.2 Å². The first-order valence-electron chi connectivity index (χ1n) is 7.23. The van der Waals surface area contributed by atoms with Gasteiger partial charge in [-0.15, -0.1) is 0 Å². The van der Waals surface area contributed by atoms with E-state index in [0.29, 0.717) is 11.5 Å². The van der Waals surface area contributed by atoms with Gasteiger partial charge < -0.3 is 4.74 Å². The van der Waals surface area contributed by atoms with Crippen molar-refractivity contribution in [3.63, 3.8) is 0 Å². The van der Waals surface area contributed by atoms with Crippen LogP contribution in [0.15, 0.2) is 24.3 Å². The first-order valence-corrected chi connectivity index (χ1v) is 7.23. The van der Waals surface area contributed by atoms with Crippen molar-refractivity contribution in [1.82, 2.24) is 0 Å². The first kappa shape index (κ1) is 16.0. The van der Waals surface area contributed by atoms with Gasteiger partial charge in [0, 0.05) is 5.56 Å². The fourth-order valence-corrected chi connectivity index (χ4v) is 2.72. The van der Waals surface area contributed by atoms with Crippen LogP contribution in [0.25, 0.3) is 0 Å². The molecule has 0 amide bonds. The van der Waals surface area contributed by atoms with Gasteiger partial charge in [0.1, 0.15) is 13.2 Å². The lowest BCUT2D eigenvalue weighted by atomic mass is 9.84. The Hall–Kier alpha value is -1.36. The molecule has 1 saturated carbocycles. The smallest absolute Gasteiger partial charge is 0.364 e. The maximum absolute atomic E-state index is 11.9. The third kappa shape index (κ3) is 5.16. The highest BCUT2D eigenvalue weighted by molar-refractivity contribution is 5.97. The molecule has 0 spiro atoms. The monoisotopic (exact) mass is 300 g/mol. The Morgan fingerprint density at radius 2 is 1.71 bits per heavy atom. The molecule has 2 rings (SSSR count). The van der Waals surface area contributed by atoms with E-state index in [1.807, 2.05) is 12.1 Å². The van der Waals surface area contributed by atoms with E-state index in [0.717, 1.165) is 0 Å². The highest BCUT2D eigenvalue weighted by Crippen LogP contribution is 2.32. The number of alkyl halides is 3. The average molecular weight is 300 g/mol. The van der Waals surface area contributed by atoms with E-state index < -0.39 is 25.2 Å². The van der Waals surface area contributed by atoms with Crippen molar-refractivity contribution in [1.29, 1.82) is 0 Å². The van der Waals surface area contributed by atoms with E-state index in [-0.39, 0.29) is 0 Å². The van der Waals surface area contributed by atoms with E-state index in [2.05, 4.69) is 4.74 Å². The van der Waals surface area contributed by atoms with Crippen LogP contribution in [0, 0.1) is 0 Å². The summed E-state index contributed by atoms with van der Waals surface area (Å²) in [5.41, 5.74) is 1.61. The fraction of sp³-hybridized carbons (Fsp3) is 0.562. The summed E-state index contributed by atoms with van der Waals surface area (Å²) in [6.07, 6.45) is 1.69. The predicted molar refractivity (Wildman–Crippen MR) is 73.5 cm³/mol. The zero-order valence-corrected chi connectivity index (χ0v) is 11.8. The molecular formula is C16H19F3O2. The molecule has 0 aliphatic heterocycles. The number of carbonyl (C=O) groups excluding carboxylic acids is 1. The molecule has 21 heavy (non-hydrogen) atoms. The SMILES string of the molecule is O=C(COCC(F)(F)F)c1ccc(C2CCCCC2)cc1. The fourth-order valence-electron chi connectivity index (χ4n) is 2.72. The number of hydrogen-bond acceptors (Lipinski definition) is 2. The predicted octanol–water partition coefficient (Wildman–Crippen LogP) is 4.50. The Bertz CT molecular complexity index is 459. The lowest BCUT2D eigenvalue weighted by molar-refractivity contribution is -0.170. The zero-order valence-electron chi connectivity index (χ0n) is 11.8. The molecule has 0 bridgehead atoms. The minimum absolute atomic E-state index is 0.400. The van der Waals surface area contributed by atoms with Crippen LogP contribution in [0.5, 0.6) is 0 Å². The number of ether oxygens (including phenoxy) is 1. The van der Waals surface area contributed by atoms with Crippen LogP contribution in [0.1, 0.15) is 53.9 Å². The summed E-state index contributed by atoms with van der Waals surface area (Å²) < 4.78 is 40.2. The number of rotatable bonds is 5. The molecule has 0 aromatic heterocycles. The molecule has 1 aliphatic carbocycles. The molecule has 0 radical (unpaired) electrons. The van der Waals surface area contributed by atoms with Gasteiger partial charge in [-0.1, -0.05) is 43.5 Å². The summed E-state index contributed by atoms with van der Waals surface area (Å²) in [6, 6.07) is 7.19. The van der Waals surface area contributed by atoms with E-state index >= 15 is 0 Å². The summed E-state index contributed by atoms with van der Waals surface area (Å²) in [7, 11) is 0. The molecule has 0 unspecified atom stereocenters. The first-order chi connectivity index (χ1) is 9.96. The standard InChI is InChI=1S/C16H19F3O2/c17-16(18,19)11-21-10-15(20)14-8-6-13(7-9-14)12-4-2-1-3-5-12/h6-9,12H,1-5,10-11H2. The molecule has 0 N–H and O–H groups in total. The summed E-state index contributed by atoms with van der Waals surface area (Å²) in [5, 5.41) is 0. The van der Waals surface area contributed by atoms with Crippen molar-refractivity contribution >= 4 is 5.78 Å². The second-order valence-corrected chi connectivity index (χ2v) is 5.49. The molecule has 5 heteroatoms. The largest absolute Gasteiger partial charge is 0.411 e. The molecule has 1 aliphatic rings. The van der Waals surface area contributed by atoms with Gasteiger partial charge in [-0.2, -0.15) is 13.2 Å². The summed E-state index contributed by atoms with van der Waals surface area (Å²) in [4.78, 5) is 11.7. The van der Waals surface area contributed by atoms with Crippen LogP contribution >= 0.6 is 0 Å². The molecule has 0 heterocycles.